The molecule has 1 saturated carbocycles. The lowest BCUT2D eigenvalue weighted by Gasteiger charge is -2.27. The van der Waals surface area contributed by atoms with Crippen LogP contribution >= 0.6 is 0 Å². The largest absolute Gasteiger partial charge is 0.398 e. The summed E-state index contributed by atoms with van der Waals surface area (Å²) in [5.74, 6) is -0.0127. The number of hydrogen-bond acceptors (Lipinski definition) is 4. The highest BCUT2D eigenvalue weighted by Gasteiger charge is 2.26. The summed E-state index contributed by atoms with van der Waals surface area (Å²) < 4.78 is 27.4. The van der Waals surface area contributed by atoms with Crippen LogP contribution in [0.4, 0.5) is 5.69 Å². The number of anilines is 1. The van der Waals surface area contributed by atoms with E-state index in [0.717, 1.165) is 36.8 Å². The number of nitrogens with two attached hydrogens (primary N) is 1. The summed E-state index contributed by atoms with van der Waals surface area (Å²) in [6.07, 6.45) is 3.23. The predicted molar refractivity (Wildman–Crippen MR) is 83.5 cm³/mol. The molecule has 0 amide bonds. The Morgan fingerprint density at radius 1 is 1.24 bits per heavy atom. The van der Waals surface area contributed by atoms with Gasteiger partial charge < -0.3 is 10.8 Å². The second-order valence-corrected chi connectivity index (χ2v) is 7.67. The zero-order valence-electron chi connectivity index (χ0n) is 12.6. The van der Waals surface area contributed by atoms with Crippen LogP contribution in [0.3, 0.4) is 0 Å². The molecule has 118 valence electrons. The Bertz CT molecular complexity index is 614. The van der Waals surface area contributed by atoms with Gasteiger partial charge in [0.05, 0.1) is 11.8 Å². The molecule has 0 spiro atoms. The minimum atomic E-state index is -3.64. The van der Waals surface area contributed by atoms with Gasteiger partial charge in [-0.1, -0.05) is 12.8 Å². The van der Waals surface area contributed by atoms with Crippen molar-refractivity contribution < 1.29 is 13.5 Å². The average molecular weight is 312 g/mol. The maximum atomic E-state index is 12.4. The lowest BCUT2D eigenvalue weighted by atomic mass is 9.87. The number of aliphatic hydroxyl groups is 1. The summed E-state index contributed by atoms with van der Waals surface area (Å²) in [7, 11) is -3.64. The molecule has 5 nitrogen and oxygen atoms in total. The molecule has 0 aromatic heterocycles. The van der Waals surface area contributed by atoms with Crippen molar-refractivity contribution in [1.82, 2.24) is 4.72 Å². The molecule has 0 bridgehead atoms. The van der Waals surface area contributed by atoms with E-state index in [-0.39, 0.29) is 23.0 Å². The molecule has 6 heteroatoms. The molecular weight excluding hydrogens is 288 g/mol. The number of sulfonamides is 1. The molecule has 2 unspecified atom stereocenters. The van der Waals surface area contributed by atoms with Crippen LogP contribution in [0.25, 0.3) is 0 Å². The van der Waals surface area contributed by atoms with Gasteiger partial charge in [0.15, 0.2) is 0 Å². The third kappa shape index (κ3) is 3.75. The van der Waals surface area contributed by atoms with E-state index in [1.54, 1.807) is 12.1 Å². The molecule has 2 rings (SSSR count). The first-order chi connectivity index (χ1) is 9.81. The molecule has 1 fully saturated rings. The zero-order valence-corrected chi connectivity index (χ0v) is 13.4. The third-order valence-electron chi connectivity index (χ3n) is 4.32. The van der Waals surface area contributed by atoms with Crippen molar-refractivity contribution >= 4 is 15.7 Å². The van der Waals surface area contributed by atoms with E-state index in [4.69, 9.17) is 5.73 Å². The Morgan fingerprint density at radius 3 is 2.52 bits per heavy atom. The number of hydrogen-bond donors (Lipinski definition) is 3. The van der Waals surface area contributed by atoms with Gasteiger partial charge in [0.1, 0.15) is 4.90 Å². The highest BCUT2D eigenvalue weighted by Crippen LogP contribution is 2.26. The first kappa shape index (κ1) is 16.3. The Labute approximate surface area is 126 Å². The van der Waals surface area contributed by atoms with Gasteiger partial charge in [0.25, 0.3) is 0 Å². The maximum absolute atomic E-state index is 12.4. The van der Waals surface area contributed by atoms with E-state index in [2.05, 4.69) is 4.72 Å². The minimum absolute atomic E-state index is 0.0127. The SMILES string of the molecule is Cc1cc(N)c(S(=O)(=O)NCC2CCCCC2O)cc1C. The van der Waals surface area contributed by atoms with Crippen molar-refractivity contribution in [2.75, 3.05) is 12.3 Å². The van der Waals surface area contributed by atoms with E-state index in [0.29, 0.717) is 0 Å². The maximum Gasteiger partial charge on any atom is 0.242 e. The molecule has 1 aliphatic rings. The number of aryl methyl sites for hydroxylation is 2. The smallest absolute Gasteiger partial charge is 0.242 e. The summed E-state index contributed by atoms with van der Waals surface area (Å²) in [6, 6.07) is 3.28. The number of benzene rings is 1. The first-order valence-corrected chi connectivity index (χ1v) is 8.84. The van der Waals surface area contributed by atoms with Crippen molar-refractivity contribution in [2.24, 2.45) is 5.92 Å². The van der Waals surface area contributed by atoms with E-state index in [1.807, 2.05) is 13.8 Å². The van der Waals surface area contributed by atoms with Crippen LogP contribution in [0.1, 0.15) is 36.8 Å². The molecule has 0 radical (unpaired) electrons. The second-order valence-electron chi connectivity index (χ2n) is 5.94. The first-order valence-electron chi connectivity index (χ1n) is 7.35. The van der Waals surface area contributed by atoms with E-state index in [9.17, 15) is 13.5 Å². The van der Waals surface area contributed by atoms with Crippen LogP contribution in [0.5, 0.6) is 0 Å². The van der Waals surface area contributed by atoms with Gasteiger partial charge in [-0.25, -0.2) is 13.1 Å². The van der Waals surface area contributed by atoms with Crippen LogP contribution in [-0.4, -0.2) is 26.2 Å². The molecule has 0 aliphatic heterocycles. The van der Waals surface area contributed by atoms with Gasteiger partial charge in [-0.15, -0.1) is 0 Å². The fraction of sp³-hybridized carbons (Fsp3) is 0.600. The Balaban J connectivity index is 2.13. The second kappa shape index (κ2) is 6.34. The molecule has 4 N–H and O–H groups in total. The number of nitrogens with one attached hydrogen (secondary N) is 1. The van der Waals surface area contributed by atoms with Crippen molar-refractivity contribution in [3.05, 3.63) is 23.3 Å². The molecule has 1 aromatic carbocycles. The number of rotatable bonds is 4. The summed E-state index contributed by atoms with van der Waals surface area (Å²) in [5, 5.41) is 9.91. The molecule has 1 aromatic rings. The van der Waals surface area contributed by atoms with Crippen molar-refractivity contribution in [3.63, 3.8) is 0 Å². The van der Waals surface area contributed by atoms with E-state index >= 15 is 0 Å². The van der Waals surface area contributed by atoms with Crippen LogP contribution in [0.15, 0.2) is 17.0 Å². The molecule has 1 aliphatic carbocycles. The monoisotopic (exact) mass is 312 g/mol. The molecular formula is C15H24N2O3S. The van der Waals surface area contributed by atoms with Crippen molar-refractivity contribution in [2.45, 2.75) is 50.5 Å². The average Bonchev–Trinajstić information content (AvgIpc) is 2.42. The van der Waals surface area contributed by atoms with Gasteiger partial charge in [0, 0.05) is 6.54 Å². The highest BCUT2D eigenvalue weighted by molar-refractivity contribution is 7.89. The fourth-order valence-corrected chi connectivity index (χ4v) is 4.06. The number of nitrogen functional groups attached to an aromatic ring is 1. The van der Waals surface area contributed by atoms with Crippen LogP contribution in [-0.2, 0) is 10.0 Å². The van der Waals surface area contributed by atoms with Gasteiger partial charge in [-0.05, 0) is 55.9 Å². The molecule has 21 heavy (non-hydrogen) atoms. The summed E-state index contributed by atoms with van der Waals surface area (Å²) in [5.41, 5.74) is 7.96. The standard InChI is InChI=1S/C15H24N2O3S/c1-10-7-13(16)15(8-11(10)2)21(19,20)17-9-12-5-3-4-6-14(12)18/h7-8,12,14,17-18H,3-6,9,16H2,1-2H3. The summed E-state index contributed by atoms with van der Waals surface area (Å²) in [6.45, 7) is 4.02. The Hall–Kier alpha value is -1.11. The van der Waals surface area contributed by atoms with Crippen LogP contribution < -0.4 is 10.5 Å². The summed E-state index contributed by atoms with van der Waals surface area (Å²) >= 11 is 0. The van der Waals surface area contributed by atoms with Crippen LogP contribution in [0.2, 0.25) is 0 Å². The molecule has 2 atom stereocenters. The number of aliphatic hydroxyl groups excluding tert-OH is 1. The van der Waals surface area contributed by atoms with Crippen molar-refractivity contribution in [1.29, 1.82) is 0 Å². The molecule has 0 heterocycles. The minimum Gasteiger partial charge on any atom is -0.398 e. The lowest BCUT2D eigenvalue weighted by Crippen LogP contribution is -2.36. The Morgan fingerprint density at radius 2 is 1.86 bits per heavy atom. The quantitative estimate of drug-likeness (QED) is 0.738. The third-order valence-corrected chi connectivity index (χ3v) is 5.80. The molecule has 0 saturated heterocycles. The van der Waals surface area contributed by atoms with Gasteiger partial charge in [0.2, 0.25) is 10.0 Å². The lowest BCUT2D eigenvalue weighted by molar-refractivity contribution is 0.0724. The van der Waals surface area contributed by atoms with E-state index < -0.39 is 16.1 Å². The van der Waals surface area contributed by atoms with Gasteiger partial charge in [-0.3, -0.25) is 0 Å². The fourth-order valence-electron chi connectivity index (χ4n) is 2.77. The normalized spacial score (nSPS) is 23.2. The van der Waals surface area contributed by atoms with Gasteiger partial charge in [-0.2, -0.15) is 0 Å². The van der Waals surface area contributed by atoms with Crippen LogP contribution in [0, 0.1) is 19.8 Å². The van der Waals surface area contributed by atoms with Crippen molar-refractivity contribution in [3.8, 4) is 0 Å². The van der Waals surface area contributed by atoms with E-state index in [1.165, 1.54) is 0 Å². The predicted octanol–water partition coefficient (Wildman–Crippen LogP) is 1.72. The topological polar surface area (TPSA) is 92.4 Å². The highest BCUT2D eigenvalue weighted by atomic mass is 32.2. The summed E-state index contributed by atoms with van der Waals surface area (Å²) in [4.78, 5) is 0.121. The Kier molecular flexibility index (Phi) is 4.91. The van der Waals surface area contributed by atoms with Gasteiger partial charge >= 0.3 is 0 Å². The zero-order chi connectivity index (χ0) is 15.6.